The third kappa shape index (κ3) is 8.30. The van der Waals surface area contributed by atoms with Crippen LogP contribution in [-0.4, -0.2) is 15.9 Å². The van der Waals surface area contributed by atoms with Crippen LogP contribution in [-0.2, 0) is 12.8 Å². The molecular formula is C31H37N3O2. The zero-order chi connectivity index (χ0) is 25.6. The number of ether oxygens (including phenoxy) is 1. The molecule has 5 nitrogen and oxygen atoms in total. The molecule has 0 aliphatic heterocycles. The van der Waals surface area contributed by atoms with E-state index in [1.54, 1.807) is 24.3 Å². The number of carbonyl (C=O) groups excluding carboxylic acids is 1. The van der Waals surface area contributed by atoms with Crippen LogP contribution in [0.3, 0.4) is 0 Å². The van der Waals surface area contributed by atoms with Gasteiger partial charge in [-0.3, -0.25) is 0 Å². The molecule has 3 rings (SSSR count). The Morgan fingerprint density at radius 3 is 2.14 bits per heavy atom. The topological polar surface area (TPSA) is 75.9 Å². The van der Waals surface area contributed by atoms with Gasteiger partial charge in [-0.05, 0) is 73.2 Å². The molecule has 0 spiro atoms. The highest BCUT2D eigenvalue weighted by Crippen LogP contribution is 2.22. The van der Waals surface area contributed by atoms with Gasteiger partial charge < -0.3 is 4.74 Å². The predicted molar refractivity (Wildman–Crippen MR) is 144 cm³/mol. The van der Waals surface area contributed by atoms with Gasteiger partial charge in [0.25, 0.3) is 0 Å². The summed E-state index contributed by atoms with van der Waals surface area (Å²) in [6, 6.07) is 14.6. The van der Waals surface area contributed by atoms with Gasteiger partial charge in [-0.15, -0.1) is 0 Å². The van der Waals surface area contributed by atoms with Gasteiger partial charge in [0.2, 0.25) is 0 Å². The van der Waals surface area contributed by atoms with Crippen LogP contribution in [0.1, 0.15) is 98.7 Å². The minimum Gasteiger partial charge on any atom is -0.423 e. The molecule has 1 heterocycles. The second-order valence-corrected chi connectivity index (χ2v) is 9.29. The molecule has 0 saturated heterocycles. The van der Waals surface area contributed by atoms with Crippen molar-refractivity contribution in [3.8, 4) is 23.2 Å². The molecule has 0 bridgehead atoms. The van der Waals surface area contributed by atoms with Crippen molar-refractivity contribution in [3.63, 3.8) is 0 Å². The van der Waals surface area contributed by atoms with Crippen molar-refractivity contribution in [3.05, 3.63) is 77.1 Å². The quantitative estimate of drug-likeness (QED) is 0.132. The van der Waals surface area contributed by atoms with Crippen LogP contribution in [0.25, 0.3) is 11.4 Å². The summed E-state index contributed by atoms with van der Waals surface area (Å²) in [5.74, 6) is 0.613. The molecule has 0 N–H and O–H groups in total. The second kappa shape index (κ2) is 14.8. The van der Waals surface area contributed by atoms with Crippen LogP contribution in [0.15, 0.2) is 54.9 Å². The van der Waals surface area contributed by atoms with E-state index < -0.39 is 5.97 Å². The van der Waals surface area contributed by atoms with Crippen LogP contribution in [0.2, 0.25) is 0 Å². The average Bonchev–Trinajstić information content (AvgIpc) is 2.92. The number of benzene rings is 2. The van der Waals surface area contributed by atoms with Crippen molar-refractivity contribution >= 4 is 5.97 Å². The lowest BCUT2D eigenvalue weighted by Gasteiger charge is -2.08. The van der Waals surface area contributed by atoms with Crippen LogP contribution in [0, 0.1) is 11.3 Å². The van der Waals surface area contributed by atoms with Gasteiger partial charge >= 0.3 is 5.97 Å². The number of hydrogen-bond donors (Lipinski definition) is 0. The summed E-state index contributed by atoms with van der Waals surface area (Å²) in [4.78, 5) is 21.7. The molecule has 0 aliphatic rings. The van der Waals surface area contributed by atoms with E-state index in [9.17, 15) is 10.1 Å². The van der Waals surface area contributed by atoms with E-state index in [0.29, 0.717) is 22.7 Å². The number of carbonyl (C=O) groups is 1. The molecule has 1 aromatic heterocycles. The third-order valence-corrected chi connectivity index (χ3v) is 6.36. The fourth-order valence-electron chi connectivity index (χ4n) is 4.17. The van der Waals surface area contributed by atoms with Gasteiger partial charge in [0.05, 0.1) is 17.2 Å². The lowest BCUT2D eigenvalue weighted by Crippen LogP contribution is -2.09. The molecule has 0 atom stereocenters. The van der Waals surface area contributed by atoms with Crippen LogP contribution in [0.4, 0.5) is 0 Å². The number of aryl methyl sites for hydroxylation is 2. The Bertz CT molecular complexity index is 1130. The average molecular weight is 484 g/mol. The lowest BCUT2D eigenvalue weighted by molar-refractivity contribution is 0.0734. The van der Waals surface area contributed by atoms with E-state index in [1.807, 2.05) is 30.6 Å². The summed E-state index contributed by atoms with van der Waals surface area (Å²) in [5.41, 5.74) is 3.92. The summed E-state index contributed by atoms with van der Waals surface area (Å²) in [5, 5.41) is 9.53. The maximum atomic E-state index is 12.7. The van der Waals surface area contributed by atoms with E-state index in [1.165, 1.54) is 44.9 Å². The number of aromatic nitrogens is 2. The highest BCUT2D eigenvalue weighted by molar-refractivity contribution is 5.91. The maximum Gasteiger partial charge on any atom is 0.343 e. The Morgan fingerprint density at radius 1 is 0.833 bits per heavy atom. The first-order chi connectivity index (χ1) is 17.6. The number of unbranched alkanes of at least 4 members (excludes halogenated alkanes) is 7. The van der Waals surface area contributed by atoms with Crippen molar-refractivity contribution in [2.24, 2.45) is 0 Å². The lowest BCUT2D eigenvalue weighted by atomic mass is 9.99. The van der Waals surface area contributed by atoms with Crippen LogP contribution >= 0.6 is 0 Å². The normalized spacial score (nSPS) is 10.7. The summed E-state index contributed by atoms with van der Waals surface area (Å²) in [6.07, 6.45) is 16.5. The van der Waals surface area contributed by atoms with Gasteiger partial charge in [0.1, 0.15) is 5.75 Å². The molecule has 0 fully saturated rings. The zero-order valence-electron chi connectivity index (χ0n) is 21.6. The SMILES string of the molecule is CCCCCCCc1cnc(-c2ccc(OC(=O)c3ccc(CCCCCC)c(C#N)c3)cc2)nc1. The van der Waals surface area contributed by atoms with Gasteiger partial charge in [0.15, 0.2) is 5.82 Å². The Morgan fingerprint density at radius 2 is 1.47 bits per heavy atom. The van der Waals surface area contributed by atoms with Crippen molar-refractivity contribution in [1.29, 1.82) is 5.26 Å². The Labute approximate surface area is 215 Å². The number of hydrogen-bond acceptors (Lipinski definition) is 5. The first-order valence-corrected chi connectivity index (χ1v) is 13.3. The summed E-state index contributed by atoms with van der Waals surface area (Å²) in [7, 11) is 0. The van der Waals surface area contributed by atoms with E-state index in [2.05, 4.69) is 29.9 Å². The highest BCUT2D eigenvalue weighted by Gasteiger charge is 2.13. The fourth-order valence-corrected chi connectivity index (χ4v) is 4.17. The monoisotopic (exact) mass is 483 g/mol. The van der Waals surface area contributed by atoms with E-state index in [4.69, 9.17) is 4.74 Å². The first-order valence-electron chi connectivity index (χ1n) is 13.3. The molecule has 5 heteroatoms. The molecule has 188 valence electrons. The Kier molecular flexibility index (Phi) is 11.1. The standard InChI is InChI=1S/C31H37N3O2/c1-3-5-7-9-10-12-24-22-33-30(34-23-24)26-16-18-29(19-17-26)36-31(35)27-15-14-25(28(20-27)21-32)13-11-8-6-4-2/h14-20,22-23H,3-13H2,1-2H3. The zero-order valence-corrected chi connectivity index (χ0v) is 21.6. The van der Waals surface area contributed by atoms with Gasteiger partial charge in [-0.2, -0.15) is 5.26 Å². The van der Waals surface area contributed by atoms with E-state index in [-0.39, 0.29) is 0 Å². The van der Waals surface area contributed by atoms with Crippen LogP contribution < -0.4 is 4.74 Å². The summed E-state index contributed by atoms with van der Waals surface area (Å²) >= 11 is 0. The van der Waals surface area contributed by atoms with Crippen molar-refractivity contribution in [1.82, 2.24) is 9.97 Å². The first kappa shape index (κ1) is 27.1. The van der Waals surface area contributed by atoms with Gasteiger partial charge in [-0.25, -0.2) is 14.8 Å². The smallest absolute Gasteiger partial charge is 0.343 e. The van der Waals surface area contributed by atoms with E-state index >= 15 is 0 Å². The Balaban J connectivity index is 1.56. The Hall–Kier alpha value is -3.52. The van der Waals surface area contributed by atoms with Crippen molar-refractivity contribution in [2.75, 3.05) is 0 Å². The molecule has 0 amide bonds. The molecular weight excluding hydrogens is 446 g/mol. The molecule has 2 aromatic carbocycles. The largest absolute Gasteiger partial charge is 0.423 e. The van der Waals surface area contributed by atoms with Crippen molar-refractivity contribution in [2.45, 2.75) is 84.5 Å². The molecule has 0 aliphatic carbocycles. The number of rotatable bonds is 14. The van der Waals surface area contributed by atoms with Crippen LogP contribution in [0.5, 0.6) is 5.75 Å². The minimum absolute atomic E-state index is 0.376. The number of nitrogens with zero attached hydrogens (tertiary/aromatic N) is 3. The summed E-state index contributed by atoms with van der Waals surface area (Å²) < 4.78 is 5.55. The predicted octanol–water partition coefficient (Wildman–Crippen LogP) is 7.87. The summed E-state index contributed by atoms with van der Waals surface area (Å²) in [6.45, 7) is 4.40. The van der Waals surface area contributed by atoms with Crippen molar-refractivity contribution < 1.29 is 9.53 Å². The minimum atomic E-state index is -0.476. The molecule has 0 saturated carbocycles. The second-order valence-electron chi connectivity index (χ2n) is 9.29. The molecule has 36 heavy (non-hydrogen) atoms. The molecule has 3 aromatic rings. The third-order valence-electron chi connectivity index (χ3n) is 6.36. The van der Waals surface area contributed by atoms with E-state index in [0.717, 1.165) is 42.4 Å². The number of esters is 1. The number of nitriles is 1. The maximum absolute atomic E-state index is 12.7. The fraction of sp³-hybridized carbons (Fsp3) is 0.419. The molecule has 0 unspecified atom stereocenters. The van der Waals surface area contributed by atoms with Gasteiger partial charge in [-0.1, -0.05) is 64.9 Å². The molecule has 0 radical (unpaired) electrons. The van der Waals surface area contributed by atoms with Gasteiger partial charge in [0, 0.05) is 18.0 Å². The highest BCUT2D eigenvalue weighted by atomic mass is 16.5.